The van der Waals surface area contributed by atoms with Crippen molar-refractivity contribution in [2.24, 2.45) is 5.41 Å². The number of ketones is 1. The molecule has 2 heterocycles. The van der Waals surface area contributed by atoms with Gasteiger partial charge in [0, 0.05) is 31.1 Å². The SMILES string of the molecule is [B]C1CN(C(=O)c2ccc(-n3ncc4c3CC(C)(C)CC4=O)cc2)CC(C)O1. The Kier molecular flexibility index (Phi) is 4.66. The fourth-order valence-corrected chi connectivity index (χ4v) is 4.13. The Morgan fingerprint density at radius 1 is 1.21 bits per heavy atom. The zero-order valence-corrected chi connectivity index (χ0v) is 16.5. The maximum Gasteiger partial charge on any atom is 0.254 e. The van der Waals surface area contributed by atoms with Crippen molar-refractivity contribution in [1.29, 1.82) is 0 Å². The second-order valence-corrected chi connectivity index (χ2v) is 8.60. The lowest BCUT2D eigenvalue weighted by Crippen LogP contribution is -2.49. The molecule has 2 aromatic rings. The Morgan fingerprint density at radius 3 is 2.61 bits per heavy atom. The molecule has 1 aromatic carbocycles. The van der Waals surface area contributed by atoms with Crippen LogP contribution in [-0.4, -0.2) is 59.4 Å². The number of fused-ring (bicyclic) bond motifs is 1. The second kappa shape index (κ2) is 6.89. The van der Waals surface area contributed by atoms with Crippen molar-refractivity contribution >= 4 is 19.5 Å². The Bertz CT molecular complexity index is 909. The molecule has 0 N–H and O–H groups in total. The standard InChI is InChI=1S/C21H24BN3O3/c1-13-11-24(12-19(22)28-13)20(27)14-4-6-15(7-5-14)25-17-8-21(2,3)9-18(26)16(17)10-23-25/h4-7,10,13,19H,8-9,11-12H2,1-3H3. The number of Topliss-reactive ketones (excluding diaryl/α,β-unsaturated/α-hetero) is 1. The molecule has 1 saturated heterocycles. The van der Waals surface area contributed by atoms with Gasteiger partial charge in [-0.05, 0) is 43.0 Å². The Hall–Kier alpha value is -2.41. The number of hydrogen-bond donors (Lipinski definition) is 0. The van der Waals surface area contributed by atoms with Gasteiger partial charge in [0.1, 0.15) is 7.85 Å². The van der Waals surface area contributed by atoms with E-state index in [-0.39, 0.29) is 23.2 Å². The van der Waals surface area contributed by atoms with E-state index >= 15 is 0 Å². The van der Waals surface area contributed by atoms with Crippen LogP contribution in [0.3, 0.4) is 0 Å². The van der Waals surface area contributed by atoms with E-state index in [1.165, 1.54) is 0 Å². The fraction of sp³-hybridized carbons (Fsp3) is 0.476. The van der Waals surface area contributed by atoms with Crippen molar-refractivity contribution in [2.75, 3.05) is 13.1 Å². The third-order valence-corrected chi connectivity index (χ3v) is 5.39. The second-order valence-electron chi connectivity index (χ2n) is 8.60. The van der Waals surface area contributed by atoms with Crippen molar-refractivity contribution < 1.29 is 14.3 Å². The molecule has 28 heavy (non-hydrogen) atoms. The molecule has 0 saturated carbocycles. The molecule has 1 aliphatic carbocycles. The Balaban J connectivity index is 1.58. The van der Waals surface area contributed by atoms with Crippen molar-refractivity contribution in [3.8, 4) is 5.69 Å². The molecule has 4 rings (SSSR count). The largest absolute Gasteiger partial charge is 0.381 e. The van der Waals surface area contributed by atoms with Crippen molar-refractivity contribution in [1.82, 2.24) is 14.7 Å². The molecule has 0 bridgehead atoms. The van der Waals surface area contributed by atoms with Gasteiger partial charge in [-0.2, -0.15) is 5.10 Å². The highest BCUT2D eigenvalue weighted by atomic mass is 16.5. The summed E-state index contributed by atoms with van der Waals surface area (Å²) in [6.45, 7) is 7.01. The van der Waals surface area contributed by atoms with Gasteiger partial charge in [-0.15, -0.1) is 0 Å². The Labute approximate surface area is 166 Å². The predicted octanol–water partition coefficient (Wildman–Crippen LogP) is 2.38. The average molecular weight is 377 g/mol. The van der Waals surface area contributed by atoms with Crippen LogP contribution in [0.15, 0.2) is 30.5 Å². The molecule has 144 valence electrons. The molecule has 1 aromatic heterocycles. The summed E-state index contributed by atoms with van der Waals surface area (Å²) in [6, 6.07) is 6.89. The highest BCUT2D eigenvalue weighted by Gasteiger charge is 2.34. The molecular formula is C21H24BN3O3. The van der Waals surface area contributed by atoms with Crippen LogP contribution in [0.1, 0.15) is 53.6 Å². The topological polar surface area (TPSA) is 64.4 Å². The summed E-state index contributed by atoms with van der Waals surface area (Å²) >= 11 is 0. The minimum atomic E-state index is -0.455. The lowest BCUT2D eigenvalue weighted by Gasteiger charge is -2.35. The van der Waals surface area contributed by atoms with E-state index in [1.807, 2.05) is 23.7 Å². The van der Waals surface area contributed by atoms with Crippen molar-refractivity contribution in [2.45, 2.75) is 45.7 Å². The third kappa shape index (κ3) is 3.51. The number of ether oxygens (including phenoxy) is 1. The number of hydrogen-bond acceptors (Lipinski definition) is 4. The van der Waals surface area contributed by atoms with Crippen LogP contribution in [0, 0.1) is 5.41 Å². The molecule has 1 amide bonds. The molecule has 2 radical (unpaired) electrons. The molecule has 2 atom stereocenters. The van der Waals surface area contributed by atoms with Crippen LogP contribution in [0.2, 0.25) is 0 Å². The summed E-state index contributed by atoms with van der Waals surface area (Å²) in [5.74, 6) is 0.0815. The molecule has 2 unspecified atom stereocenters. The number of amides is 1. The normalized spacial score (nSPS) is 24.1. The van der Waals surface area contributed by atoms with Gasteiger partial charge in [-0.25, -0.2) is 4.68 Å². The molecule has 7 heteroatoms. The fourth-order valence-electron chi connectivity index (χ4n) is 4.13. The number of rotatable bonds is 2. The van der Waals surface area contributed by atoms with Gasteiger partial charge in [-0.3, -0.25) is 9.59 Å². The van der Waals surface area contributed by atoms with Gasteiger partial charge < -0.3 is 9.64 Å². The lowest BCUT2D eigenvalue weighted by molar-refractivity contribution is -0.0319. The van der Waals surface area contributed by atoms with Crippen LogP contribution in [0.5, 0.6) is 0 Å². The maximum atomic E-state index is 12.8. The average Bonchev–Trinajstić information content (AvgIpc) is 3.03. The van der Waals surface area contributed by atoms with E-state index in [4.69, 9.17) is 12.6 Å². The monoisotopic (exact) mass is 377 g/mol. The number of benzene rings is 1. The summed E-state index contributed by atoms with van der Waals surface area (Å²) in [5, 5.41) is 4.44. The van der Waals surface area contributed by atoms with Crippen molar-refractivity contribution in [3.05, 3.63) is 47.3 Å². The van der Waals surface area contributed by atoms with Crippen LogP contribution in [0.25, 0.3) is 5.69 Å². The first-order valence-corrected chi connectivity index (χ1v) is 9.64. The molecular weight excluding hydrogens is 353 g/mol. The molecule has 6 nitrogen and oxygen atoms in total. The van der Waals surface area contributed by atoms with Crippen LogP contribution < -0.4 is 0 Å². The summed E-state index contributed by atoms with van der Waals surface area (Å²) in [6.07, 6.45) is 2.91. The minimum Gasteiger partial charge on any atom is -0.381 e. The summed E-state index contributed by atoms with van der Waals surface area (Å²) in [5.41, 5.74) is 3.01. The minimum absolute atomic E-state index is 0.0593. The lowest BCUT2D eigenvalue weighted by atomic mass is 9.76. The van der Waals surface area contributed by atoms with Crippen LogP contribution in [0.4, 0.5) is 0 Å². The van der Waals surface area contributed by atoms with E-state index in [0.717, 1.165) is 17.8 Å². The number of aromatic nitrogens is 2. The van der Waals surface area contributed by atoms with Gasteiger partial charge in [-0.1, -0.05) is 13.8 Å². The molecule has 1 fully saturated rings. The van der Waals surface area contributed by atoms with Crippen molar-refractivity contribution in [3.63, 3.8) is 0 Å². The zero-order chi connectivity index (χ0) is 20.1. The predicted molar refractivity (Wildman–Crippen MR) is 106 cm³/mol. The van der Waals surface area contributed by atoms with Gasteiger partial charge in [0.25, 0.3) is 5.91 Å². The molecule has 1 aliphatic heterocycles. The Morgan fingerprint density at radius 2 is 1.93 bits per heavy atom. The molecule has 0 spiro atoms. The van der Waals surface area contributed by atoms with Gasteiger partial charge >= 0.3 is 0 Å². The van der Waals surface area contributed by atoms with E-state index < -0.39 is 6.00 Å². The van der Waals surface area contributed by atoms with E-state index in [9.17, 15) is 9.59 Å². The van der Waals surface area contributed by atoms with Crippen LogP contribution in [-0.2, 0) is 11.2 Å². The van der Waals surface area contributed by atoms with Gasteiger partial charge in [0.15, 0.2) is 5.78 Å². The maximum absolute atomic E-state index is 12.8. The summed E-state index contributed by atoms with van der Waals surface area (Å²) in [4.78, 5) is 26.9. The first-order chi connectivity index (χ1) is 13.2. The number of carbonyl (C=O) groups is 2. The van der Waals surface area contributed by atoms with Gasteiger partial charge in [0.2, 0.25) is 0 Å². The first-order valence-electron chi connectivity index (χ1n) is 9.64. The number of nitrogens with zero attached hydrogens (tertiary/aromatic N) is 3. The number of carbonyl (C=O) groups excluding carboxylic acids is 2. The van der Waals surface area contributed by atoms with Crippen LogP contribution >= 0.6 is 0 Å². The van der Waals surface area contributed by atoms with E-state index in [0.29, 0.717) is 30.6 Å². The van der Waals surface area contributed by atoms with Gasteiger partial charge in [0.05, 0.1) is 29.2 Å². The quantitative estimate of drug-likeness (QED) is 0.754. The summed E-state index contributed by atoms with van der Waals surface area (Å²) < 4.78 is 7.31. The zero-order valence-electron chi connectivity index (χ0n) is 16.5. The van der Waals surface area contributed by atoms with E-state index in [1.54, 1.807) is 23.2 Å². The number of morpholine rings is 1. The van der Waals surface area contributed by atoms with E-state index in [2.05, 4.69) is 18.9 Å². The highest BCUT2D eigenvalue weighted by molar-refractivity contribution is 6.11. The third-order valence-electron chi connectivity index (χ3n) is 5.39. The smallest absolute Gasteiger partial charge is 0.254 e. The highest BCUT2D eigenvalue weighted by Crippen LogP contribution is 2.35. The first kappa shape index (κ1) is 18.9. The summed E-state index contributed by atoms with van der Waals surface area (Å²) in [7, 11) is 5.86. The molecule has 2 aliphatic rings.